The Hall–Kier alpha value is -1.45. The Kier molecular flexibility index (Phi) is 3.41. The van der Waals surface area contributed by atoms with Crippen molar-refractivity contribution in [3.63, 3.8) is 0 Å². The quantitative estimate of drug-likeness (QED) is 0.623. The second kappa shape index (κ2) is 4.82. The van der Waals surface area contributed by atoms with Gasteiger partial charge in [0, 0.05) is 13.1 Å². The Balaban J connectivity index is 1.82. The van der Waals surface area contributed by atoms with Crippen molar-refractivity contribution in [3.05, 3.63) is 24.2 Å². The molecule has 1 aromatic rings. The largest absolute Gasteiger partial charge is 0.467 e. The van der Waals surface area contributed by atoms with E-state index in [9.17, 15) is 0 Å². The van der Waals surface area contributed by atoms with Crippen LogP contribution in [0, 0.1) is 5.41 Å². The van der Waals surface area contributed by atoms with Gasteiger partial charge in [0.1, 0.15) is 5.76 Å². The van der Waals surface area contributed by atoms with Gasteiger partial charge in [0.05, 0.1) is 12.8 Å². The summed E-state index contributed by atoms with van der Waals surface area (Å²) in [5.41, 5.74) is 0.377. The molecule has 0 radical (unpaired) electrons. The van der Waals surface area contributed by atoms with Crippen LogP contribution in [0.4, 0.5) is 0 Å². The van der Waals surface area contributed by atoms with E-state index >= 15 is 0 Å². The molecule has 1 saturated carbocycles. The molecule has 0 bridgehead atoms. The molecule has 0 spiro atoms. The highest BCUT2D eigenvalue weighted by molar-refractivity contribution is 5.80. The summed E-state index contributed by atoms with van der Waals surface area (Å²) in [4.78, 5) is 4.23. The Morgan fingerprint density at radius 1 is 1.59 bits per heavy atom. The third-order valence-corrected chi connectivity index (χ3v) is 3.57. The van der Waals surface area contributed by atoms with Gasteiger partial charge in [-0.1, -0.05) is 13.8 Å². The highest BCUT2D eigenvalue weighted by Crippen LogP contribution is 2.39. The van der Waals surface area contributed by atoms with Crippen LogP contribution >= 0.6 is 0 Å². The summed E-state index contributed by atoms with van der Waals surface area (Å²) in [6.45, 7) is 5.24. The van der Waals surface area contributed by atoms with Crippen LogP contribution in [0.15, 0.2) is 27.8 Å². The van der Waals surface area contributed by atoms with Gasteiger partial charge < -0.3 is 15.1 Å². The predicted octanol–water partition coefficient (Wildman–Crippen LogP) is 2.13. The third kappa shape index (κ3) is 2.81. The molecule has 0 saturated heterocycles. The molecule has 1 fully saturated rings. The van der Waals surface area contributed by atoms with Gasteiger partial charge >= 0.3 is 0 Å². The number of nitrogens with one attached hydrogen (secondary N) is 2. The first kappa shape index (κ1) is 12.0. The van der Waals surface area contributed by atoms with Gasteiger partial charge in [-0.2, -0.15) is 0 Å². The number of furan rings is 1. The number of nitrogens with zero attached hydrogens (tertiary/aromatic N) is 1. The zero-order valence-electron chi connectivity index (χ0n) is 10.8. The molecule has 1 heterocycles. The second-order valence-corrected chi connectivity index (χ2v) is 5.23. The van der Waals surface area contributed by atoms with Crippen LogP contribution < -0.4 is 10.6 Å². The van der Waals surface area contributed by atoms with E-state index in [1.807, 2.05) is 12.1 Å². The van der Waals surface area contributed by atoms with Gasteiger partial charge in [-0.05, 0) is 30.4 Å². The summed E-state index contributed by atoms with van der Waals surface area (Å²) >= 11 is 0. The van der Waals surface area contributed by atoms with Crippen LogP contribution in [0.3, 0.4) is 0 Å². The first-order chi connectivity index (χ1) is 8.12. The molecule has 4 nitrogen and oxygen atoms in total. The van der Waals surface area contributed by atoms with Crippen molar-refractivity contribution in [3.8, 4) is 0 Å². The minimum absolute atomic E-state index is 0.377. The van der Waals surface area contributed by atoms with Crippen LogP contribution in [-0.4, -0.2) is 19.0 Å². The third-order valence-electron chi connectivity index (χ3n) is 3.57. The van der Waals surface area contributed by atoms with E-state index in [0.717, 1.165) is 11.7 Å². The van der Waals surface area contributed by atoms with E-state index in [2.05, 4.69) is 29.5 Å². The fraction of sp³-hybridized carbons (Fsp3) is 0.615. The van der Waals surface area contributed by atoms with Crippen molar-refractivity contribution in [2.75, 3.05) is 7.05 Å². The molecule has 1 aliphatic rings. The first-order valence-corrected chi connectivity index (χ1v) is 6.11. The highest BCUT2D eigenvalue weighted by atomic mass is 16.3. The van der Waals surface area contributed by atoms with Crippen molar-refractivity contribution >= 4 is 5.96 Å². The van der Waals surface area contributed by atoms with E-state index < -0.39 is 0 Å². The predicted molar refractivity (Wildman–Crippen MR) is 68.8 cm³/mol. The first-order valence-electron chi connectivity index (χ1n) is 6.11. The van der Waals surface area contributed by atoms with Gasteiger partial charge in [-0.3, -0.25) is 4.99 Å². The van der Waals surface area contributed by atoms with Gasteiger partial charge in [-0.15, -0.1) is 0 Å². The Bertz CT molecular complexity index is 381. The summed E-state index contributed by atoms with van der Waals surface area (Å²) < 4.78 is 5.27. The number of rotatable bonds is 3. The van der Waals surface area contributed by atoms with Gasteiger partial charge in [0.25, 0.3) is 0 Å². The van der Waals surface area contributed by atoms with E-state index in [1.54, 1.807) is 13.3 Å². The molecule has 94 valence electrons. The summed E-state index contributed by atoms with van der Waals surface area (Å²) in [5.74, 6) is 1.76. The average Bonchev–Trinajstić information content (AvgIpc) is 2.81. The summed E-state index contributed by atoms with van der Waals surface area (Å²) in [6, 6.07) is 4.36. The van der Waals surface area contributed by atoms with Crippen LogP contribution in [-0.2, 0) is 6.54 Å². The number of hydrogen-bond donors (Lipinski definition) is 2. The maximum Gasteiger partial charge on any atom is 0.191 e. The van der Waals surface area contributed by atoms with Crippen molar-refractivity contribution in [2.24, 2.45) is 10.4 Å². The fourth-order valence-electron chi connectivity index (χ4n) is 2.08. The molecule has 0 aromatic carbocycles. The van der Waals surface area contributed by atoms with Crippen molar-refractivity contribution in [2.45, 2.75) is 39.3 Å². The fourth-order valence-corrected chi connectivity index (χ4v) is 2.08. The zero-order valence-corrected chi connectivity index (χ0v) is 10.8. The topological polar surface area (TPSA) is 49.6 Å². The molecule has 2 N–H and O–H groups in total. The van der Waals surface area contributed by atoms with Crippen molar-refractivity contribution < 1.29 is 4.42 Å². The van der Waals surface area contributed by atoms with Gasteiger partial charge in [0.15, 0.2) is 5.96 Å². The normalized spacial score (nSPS) is 23.0. The minimum Gasteiger partial charge on any atom is -0.467 e. The molecule has 1 unspecified atom stereocenters. The Morgan fingerprint density at radius 2 is 2.41 bits per heavy atom. The number of aliphatic imine (C=N–C) groups is 1. The Labute approximate surface area is 102 Å². The lowest BCUT2D eigenvalue weighted by Crippen LogP contribution is -2.55. The zero-order chi connectivity index (χ0) is 12.3. The van der Waals surface area contributed by atoms with Crippen molar-refractivity contribution in [1.29, 1.82) is 0 Å². The van der Waals surface area contributed by atoms with Crippen molar-refractivity contribution in [1.82, 2.24) is 10.6 Å². The lowest BCUT2D eigenvalue weighted by Gasteiger charge is -2.45. The molecule has 1 aliphatic carbocycles. The van der Waals surface area contributed by atoms with Crippen LogP contribution in [0.1, 0.15) is 32.4 Å². The van der Waals surface area contributed by atoms with Gasteiger partial charge in [0.2, 0.25) is 0 Å². The molecule has 17 heavy (non-hydrogen) atoms. The molecule has 1 aromatic heterocycles. The van der Waals surface area contributed by atoms with Gasteiger partial charge in [-0.25, -0.2) is 0 Å². The molecule has 1 atom stereocenters. The maximum atomic E-state index is 5.27. The van der Waals surface area contributed by atoms with E-state index in [4.69, 9.17) is 4.42 Å². The van der Waals surface area contributed by atoms with Crippen LogP contribution in [0.2, 0.25) is 0 Å². The molecular formula is C13H21N3O. The van der Waals surface area contributed by atoms with E-state index in [-0.39, 0.29) is 0 Å². The number of guanidine groups is 1. The lowest BCUT2D eigenvalue weighted by molar-refractivity contribution is 0.125. The summed E-state index contributed by atoms with van der Waals surface area (Å²) in [7, 11) is 1.79. The monoisotopic (exact) mass is 235 g/mol. The molecular weight excluding hydrogens is 214 g/mol. The maximum absolute atomic E-state index is 5.27. The molecule has 0 amide bonds. The smallest absolute Gasteiger partial charge is 0.191 e. The van der Waals surface area contributed by atoms with Crippen LogP contribution in [0.25, 0.3) is 0 Å². The SMILES string of the molecule is CN=C(NCc1ccco1)NC1CCC1(C)C. The number of hydrogen-bond acceptors (Lipinski definition) is 2. The minimum atomic E-state index is 0.377. The molecule has 4 heteroatoms. The van der Waals surface area contributed by atoms with Crippen LogP contribution in [0.5, 0.6) is 0 Å². The molecule has 0 aliphatic heterocycles. The van der Waals surface area contributed by atoms with E-state index in [1.165, 1.54) is 12.8 Å². The second-order valence-electron chi connectivity index (χ2n) is 5.23. The summed E-state index contributed by atoms with van der Waals surface area (Å²) in [6.07, 6.45) is 4.18. The Morgan fingerprint density at radius 3 is 2.88 bits per heavy atom. The lowest BCUT2D eigenvalue weighted by atomic mass is 9.67. The highest BCUT2D eigenvalue weighted by Gasteiger charge is 2.38. The van der Waals surface area contributed by atoms with E-state index in [0.29, 0.717) is 18.0 Å². The standard InChI is InChI=1S/C13H21N3O/c1-13(2)7-6-11(13)16-12(14-3)15-9-10-5-4-8-17-10/h4-5,8,11H,6-7,9H2,1-3H3,(H2,14,15,16). The summed E-state index contributed by atoms with van der Waals surface area (Å²) in [5, 5.41) is 6.71. The average molecular weight is 235 g/mol. The molecule has 2 rings (SSSR count).